The first-order valence-electron chi connectivity index (χ1n) is 4.13. The SMILES string of the molecule is [B]CC(=O)N(CC(=O)I)CC(C)C. The van der Waals surface area contributed by atoms with Crippen LogP contribution >= 0.6 is 22.6 Å². The second kappa shape index (κ2) is 6.40. The first kappa shape index (κ1) is 12.9. The summed E-state index contributed by atoms with van der Waals surface area (Å²) in [7, 11) is 5.22. The lowest BCUT2D eigenvalue weighted by Gasteiger charge is -2.22. The smallest absolute Gasteiger partial charge is 0.214 e. The van der Waals surface area contributed by atoms with Crippen molar-refractivity contribution in [2.75, 3.05) is 13.1 Å². The van der Waals surface area contributed by atoms with Crippen LogP contribution in [0.5, 0.6) is 0 Å². The lowest BCUT2D eigenvalue weighted by atomic mass is 10.0. The summed E-state index contributed by atoms with van der Waals surface area (Å²) in [4.78, 5) is 23.5. The molecule has 0 bridgehead atoms. The van der Waals surface area contributed by atoms with E-state index in [9.17, 15) is 9.59 Å². The standard InChI is InChI=1S/C8H13BINO2/c1-6(2)4-11(5-7(10)12)8(13)3-9/h6H,3-5H2,1-2H3. The summed E-state index contributed by atoms with van der Waals surface area (Å²) < 4.78 is -0.0416. The zero-order valence-corrected chi connectivity index (χ0v) is 10.1. The van der Waals surface area contributed by atoms with E-state index < -0.39 is 0 Å². The van der Waals surface area contributed by atoms with Gasteiger partial charge in [-0.2, -0.15) is 0 Å². The van der Waals surface area contributed by atoms with Crippen molar-refractivity contribution in [1.29, 1.82) is 0 Å². The third-order valence-corrected chi connectivity index (χ3v) is 1.77. The number of rotatable bonds is 5. The monoisotopic (exact) mass is 293 g/mol. The van der Waals surface area contributed by atoms with Crippen LogP contribution in [0.15, 0.2) is 0 Å². The Morgan fingerprint density at radius 2 is 2.00 bits per heavy atom. The van der Waals surface area contributed by atoms with E-state index in [-0.39, 0.29) is 22.6 Å². The number of nitrogens with zero attached hydrogens (tertiary/aromatic N) is 1. The van der Waals surface area contributed by atoms with E-state index in [0.29, 0.717) is 12.5 Å². The van der Waals surface area contributed by atoms with Gasteiger partial charge in [-0.1, -0.05) is 13.8 Å². The zero-order valence-electron chi connectivity index (χ0n) is 7.92. The summed E-state index contributed by atoms with van der Waals surface area (Å²) in [5.74, 6) is 0.185. The molecule has 0 spiro atoms. The first-order chi connectivity index (χ1) is 5.97. The van der Waals surface area contributed by atoms with Gasteiger partial charge >= 0.3 is 0 Å². The van der Waals surface area contributed by atoms with Crippen molar-refractivity contribution in [3.8, 4) is 0 Å². The van der Waals surface area contributed by atoms with Crippen molar-refractivity contribution in [3.05, 3.63) is 0 Å². The van der Waals surface area contributed by atoms with E-state index in [4.69, 9.17) is 7.85 Å². The topological polar surface area (TPSA) is 37.4 Å². The second-order valence-electron chi connectivity index (χ2n) is 3.23. The molecule has 0 aliphatic heterocycles. The maximum atomic E-state index is 11.2. The minimum Gasteiger partial charge on any atom is -0.335 e. The lowest BCUT2D eigenvalue weighted by molar-refractivity contribution is -0.131. The Hall–Kier alpha value is -0.0651. The van der Waals surface area contributed by atoms with Crippen molar-refractivity contribution >= 4 is 40.1 Å². The Bertz CT molecular complexity index is 197. The number of carbonyl (C=O) groups is 2. The summed E-state index contributed by atoms with van der Waals surface area (Å²) in [6, 6.07) is 0. The fourth-order valence-corrected chi connectivity index (χ4v) is 1.39. The van der Waals surface area contributed by atoms with Crippen molar-refractivity contribution in [1.82, 2.24) is 4.90 Å². The number of carbonyl (C=O) groups excluding carboxylic acids is 2. The minimum absolute atomic E-state index is 0.0311. The lowest BCUT2D eigenvalue weighted by Crippen LogP contribution is -2.36. The van der Waals surface area contributed by atoms with Crippen molar-refractivity contribution in [3.63, 3.8) is 0 Å². The molecule has 0 aromatic rings. The summed E-state index contributed by atoms with van der Waals surface area (Å²) in [5.41, 5.74) is 0. The normalized spacial score (nSPS) is 10.2. The molecule has 0 unspecified atom stereocenters. The van der Waals surface area contributed by atoms with Gasteiger partial charge in [0.1, 0.15) is 0 Å². The highest BCUT2D eigenvalue weighted by Gasteiger charge is 2.14. The van der Waals surface area contributed by atoms with Crippen LogP contribution < -0.4 is 0 Å². The molecule has 0 saturated heterocycles. The Balaban J connectivity index is 4.18. The maximum Gasteiger partial charge on any atom is 0.214 e. The van der Waals surface area contributed by atoms with Gasteiger partial charge in [-0.15, -0.1) is 0 Å². The molecule has 0 N–H and O–H groups in total. The molecule has 3 nitrogen and oxygen atoms in total. The largest absolute Gasteiger partial charge is 0.335 e. The summed E-state index contributed by atoms with van der Waals surface area (Å²) in [6.45, 7) is 4.74. The van der Waals surface area contributed by atoms with Crippen LogP contribution in [0, 0.1) is 5.92 Å². The molecule has 0 aliphatic rings. The zero-order chi connectivity index (χ0) is 10.4. The molecule has 0 heterocycles. The van der Waals surface area contributed by atoms with Crippen LogP contribution in [0.3, 0.4) is 0 Å². The van der Waals surface area contributed by atoms with E-state index in [2.05, 4.69) is 0 Å². The van der Waals surface area contributed by atoms with Crippen LogP contribution in [0.1, 0.15) is 13.8 Å². The number of amides is 1. The summed E-state index contributed by atoms with van der Waals surface area (Å²) in [6.07, 6.45) is -0.0311. The molecule has 1 amide bonds. The highest BCUT2D eigenvalue weighted by atomic mass is 127. The Kier molecular flexibility index (Phi) is 6.37. The molecular formula is C8H13BINO2. The highest BCUT2D eigenvalue weighted by Crippen LogP contribution is 2.02. The predicted molar refractivity (Wildman–Crippen MR) is 61.0 cm³/mol. The van der Waals surface area contributed by atoms with E-state index in [1.54, 1.807) is 22.6 Å². The number of hydrogen-bond acceptors (Lipinski definition) is 2. The molecule has 0 fully saturated rings. The molecule has 0 saturated carbocycles. The average molecular weight is 293 g/mol. The third kappa shape index (κ3) is 6.07. The summed E-state index contributed by atoms with van der Waals surface area (Å²) in [5, 5.41) is 0. The van der Waals surface area contributed by atoms with Crippen LogP contribution in [-0.2, 0) is 9.59 Å². The maximum absolute atomic E-state index is 11.2. The van der Waals surface area contributed by atoms with Gasteiger partial charge in [-0.3, -0.25) is 9.59 Å². The summed E-state index contributed by atoms with van der Waals surface area (Å²) >= 11 is 1.68. The van der Waals surface area contributed by atoms with Gasteiger partial charge in [0.25, 0.3) is 0 Å². The van der Waals surface area contributed by atoms with Crippen molar-refractivity contribution in [2.45, 2.75) is 20.2 Å². The predicted octanol–water partition coefficient (Wildman–Crippen LogP) is 1.02. The van der Waals surface area contributed by atoms with Crippen molar-refractivity contribution < 1.29 is 9.59 Å². The van der Waals surface area contributed by atoms with E-state index in [1.165, 1.54) is 4.90 Å². The van der Waals surface area contributed by atoms with Gasteiger partial charge in [-0.25, -0.2) is 0 Å². The molecule has 13 heavy (non-hydrogen) atoms. The molecule has 72 valence electrons. The van der Waals surface area contributed by atoms with Crippen LogP contribution in [0.4, 0.5) is 0 Å². The van der Waals surface area contributed by atoms with Crippen LogP contribution in [-0.4, -0.2) is 35.5 Å². The van der Waals surface area contributed by atoms with Crippen LogP contribution in [0.2, 0.25) is 6.32 Å². The molecule has 2 radical (unpaired) electrons. The van der Waals surface area contributed by atoms with Gasteiger partial charge in [0.05, 0.1) is 14.4 Å². The van der Waals surface area contributed by atoms with E-state index >= 15 is 0 Å². The van der Waals surface area contributed by atoms with E-state index in [0.717, 1.165) is 0 Å². The third-order valence-electron chi connectivity index (χ3n) is 1.43. The Morgan fingerprint density at radius 3 is 2.31 bits per heavy atom. The Morgan fingerprint density at radius 1 is 1.46 bits per heavy atom. The van der Waals surface area contributed by atoms with E-state index in [1.807, 2.05) is 13.8 Å². The van der Waals surface area contributed by atoms with Gasteiger partial charge in [0, 0.05) is 29.1 Å². The average Bonchev–Trinajstić information content (AvgIpc) is 2.00. The Labute approximate surface area is 93.8 Å². The molecular weight excluding hydrogens is 280 g/mol. The molecule has 0 rings (SSSR count). The van der Waals surface area contributed by atoms with Crippen LogP contribution in [0.25, 0.3) is 0 Å². The second-order valence-corrected chi connectivity index (χ2v) is 4.43. The molecule has 5 heteroatoms. The molecule has 0 aliphatic carbocycles. The number of halogens is 1. The fourth-order valence-electron chi connectivity index (χ4n) is 0.974. The van der Waals surface area contributed by atoms with Gasteiger partial charge in [0.2, 0.25) is 9.70 Å². The molecule has 0 aromatic heterocycles. The molecule has 0 atom stereocenters. The van der Waals surface area contributed by atoms with Gasteiger partial charge < -0.3 is 4.90 Å². The quantitative estimate of drug-likeness (QED) is 0.431. The minimum atomic E-state index is -0.168. The first-order valence-corrected chi connectivity index (χ1v) is 5.21. The highest BCUT2D eigenvalue weighted by molar-refractivity contribution is 14.1. The fraction of sp³-hybridized carbons (Fsp3) is 0.750. The van der Waals surface area contributed by atoms with Gasteiger partial charge in [0.15, 0.2) is 0 Å². The molecule has 0 aromatic carbocycles. The van der Waals surface area contributed by atoms with Gasteiger partial charge in [-0.05, 0) is 12.2 Å². The number of hydrogen-bond donors (Lipinski definition) is 0. The van der Waals surface area contributed by atoms with Crippen molar-refractivity contribution in [2.24, 2.45) is 5.92 Å².